The van der Waals surface area contributed by atoms with Gasteiger partial charge < -0.3 is 10.2 Å². The number of carboxylic acid groups (broad SMARTS) is 1. The van der Waals surface area contributed by atoms with Gasteiger partial charge in [-0.25, -0.2) is 4.79 Å². The van der Waals surface area contributed by atoms with E-state index in [2.05, 4.69) is 18.7 Å². The minimum absolute atomic E-state index is 0.0671. The number of carboxylic acids is 1. The normalized spacial score (nSPS) is 9.53. The molecule has 2 N–H and O–H groups in total. The van der Waals surface area contributed by atoms with Crippen molar-refractivity contribution in [2.75, 3.05) is 0 Å². The fourth-order valence-electron chi connectivity index (χ4n) is 1.01. The van der Waals surface area contributed by atoms with Gasteiger partial charge >= 0.3 is 68.8 Å². The maximum Gasteiger partial charge on any atom is 0.339 e. The van der Waals surface area contributed by atoms with Gasteiger partial charge in [0.1, 0.15) is 11.3 Å². The van der Waals surface area contributed by atoms with E-state index in [0.29, 0.717) is 0 Å². The van der Waals surface area contributed by atoms with Crippen LogP contribution in [0.4, 0.5) is 0 Å². The molecule has 1 aromatic rings. The SMILES string of the molecule is C=CCC=C[CH2][Na].O=C(O)c1ccccc1O. The number of hydrogen-bond donors (Lipinski definition) is 2. The maximum absolute atomic E-state index is 10.3. The van der Waals surface area contributed by atoms with Crippen molar-refractivity contribution in [3.63, 3.8) is 0 Å². The summed E-state index contributed by atoms with van der Waals surface area (Å²) in [6.45, 7) is 3.59. The van der Waals surface area contributed by atoms with Gasteiger partial charge in [-0.3, -0.25) is 0 Å². The van der Waals surface area contributed by atoms with Gasteiger partial charge in [0.25, 0.3) is 0 Å². The van der Waals surface area contributed by atoms with E-state index in [0.717, 1.165) is 6.42 Å². The molecule has 0 aromatic heterocycles. The molecule has 4 heteroatoms. The van der Waals surface area contributed by atoms with Crippen LogP contribution in [0.5, 0.6) is 5.75 Å². The van der Waals surface area contributed by atoms with E-state index in [4.69, 9.17) is 10.2 Å². The Hall–Kier alpha value is -1.03. The predicted molar refractivity (Wildman–Crippen MR) is 69.6 cm³/mol. The average Bonchev–Trinajstić information content (AvgIpc) is 2.31. The number of phenols is 1. The van der Waals surface area contributed by atoms with Gasteiger partial charge in [0.15, 0.2) is 0 Å². The Morgan fingerprint density at radius 1 is 1.35 bits per heavy atom. The maximum atomic E-state index is 10.3. The quantitative estimate of drug-likeness (QED) is 0.630. The molecule has 0 radical (unpaired) electrons. The van der Waals surface area contributed by atoms with Gasteiger partial charge in [-0.15, -0.1) is 0 Å². The molecular formula is C13H15NaO3. The van der Waals surface area contributed by atoms with Crippen LogP contribution in [0.15, 0.2) is 49.1 Å². The first kappa shape index (κ1) is 16.0. The fourth-order valence-corrected chi connectivity index (χ4v) is 1.35. The number of benzene rings is 1. The summed E-state index contributed by atoms with van der Waals surface area (Å²) in [6, 6.07) is 5.81. The number of allylic oxidation sites excluding steroid dienone is 3. The third-order valence-corrected chi connectivity index (χ3v) is 2.31. The van der Waals surface area contributed by atoms with E-state index in [1.807, 2.05) is 6.08 Å². The number of hydrogen-bond acceptors (Lipinski definition) is 2. The zero-order valence-corrected chi connectivity index (χ0v) is 12.0. The smallest absolute Gasteiger partial charge is 0.339 e. The molecular weight excluding hydrogens is 227 g/mol. The van der Waals surface area contributed by atoms with Crippen LogP contribution in [0, 0.1) is 0 Å². The Morgan fingerprint density at radius 2 is 2.00 bits per heavy atom. The average molecular weight is 242 g/mol. The van der Waals surface area contributed by atoms with E-state index in [1.165, 1.54) is 43.7 Å². The van der Waals surface area contributed by atoms with Crippen LogP contribution in [-0.2, 0) is 0 Å². The summed E-state index contributed by atoms with van der Waals surface area (Å²) in [5.74, 6) is -1.31. The van der Waals surface area contributed by atoms with Crippen LogP contribution in [0.1, 0.15) is 16.8 Å². The van der Waals surface area contributed by atoms with Crippen molar-refractivity contribution in [1.29, 1.82) is 0 Å². The number of aromatic carboxylic acids is 1. The second kappa shape index (κ2) is 10.1. The predicted octanol–water partition coefficient (Wildman–Crippen LogP) is 2.80. The van der Waals surface area contributed by atoms with Gasteiger partial charge in [0.2, 0.25) is 0 Å². The summed E-state index contributed by atoms with van der Waals surface area (Å²) in [7, 11) is 0. The molecule has 0 saturated heterocycles. The Bertz CT molecular complexity index is 386. The van der Waals surface area contributed by atoms with Gasteiger partial charge in [0, 0.05) is 0 Å². The topological polar surface area (TPSA) is 57.5 Å². The number of para-hydroxylation sites is 1. The van der Waals surface area contributed by atoms with E-state index < -0.39 is 5.97 Å². The van der Waals surface area contributed by atoms with Crippen molar-refractivity contribution in [1.82, 2.24) is 0 Å². The Balaban J connectivity index is 0.000000325. The minimum atomic E-state index is -1.11. The Kier molecular flexibility index (Phi) is 9.53. The third kappa shape index (κ3) is 7.80. The number of carbonyl (C=O) groups is 1. The first-order chi connectivity index (χ1) is 8.13. The second-order valence-electron chi connectivity index (χ2n) is 3.23. The molecule has 1 aromatic carbocycles. The number of rotatable bonds is 4. The van der Waals surface area contributed by atoms with Crippen molar-refractivity contribution in [3.05, 3.63) is 54.6 Å². The van der Waals surface area contributed by atoms with Crippen molar-refractivity contribution in [3.8, 4) is 5.75 Å². The summed E-state index contributed by atoms with van der Waals surface area (Å²) in [5, 5.41) is 17.3. The van der Waals surface area contributed by atoms with Gasteiger partial charge in [-0.05, 0) is 12.1 Å². The van der Waals surface area contributed by atoms with Crippen LogP contribution in [0.3, 0.4) is 0 Å². The first-order valence-corrected chi connectivity index (χ1v) is 6.82. The molecule has 0 aliphatic heterocycles. The molecule has 0 saturated carbocycles. The van der Waals surface area contributed by atoms with Crippen molar-refractivity contribution in [2.24, 2.45) is 0 Å². The third-order valence-electron chi connectivity index (χ3n) is 1.84. The molecule has 0 aliphatic carbocycles. The van der Waals surface area contributed by atoms with E-state index in [9.17, 15) is 4.79 Å². The molecule has 86 valence electrons. The largest absolute Gasteiger partial charge is 0.507 e. The standard InChI is InChI=1S/C7H6O3.C6H9.Na/c8-6-4-2-1-3-5(6)7(9)10;1-3-5-6-4-2;/h1-4,8H,(H,9,10);3-5H,1-2,6H2;. The Labute approximate surface area is 119 Å². The summed E-state index contributed by atoms with van der Waals surface area (Å²) in [5.41, 5.74) is -0.0671. The molecule has 0 amide bonds. The molecule has 0 atom stereocenters. The minimum Gasteiger partial charge on any atom is -0.507 e. The second-order valence-corrected chi connectivity index (χ2v) is 4.04. The molecule has 0 bridgehead atoms. The molecule has 0 heterocycles. The van der Waals surface area contributed by atoms with Crippen molar-refractivity contribution in [2.45, 2.75) is 10.1 Å². The molecule has 1 rings (SSSR count). The first-order valence-electron chi connectivity index (χ1n) is 5.40. The molecule has 0 fully saturated rings. The molecule has 17 heavy (non-hydrogen) atoms. The summed E-state index contributed by atoms with van der Waals surface area (Å²) in [6.07, 6.45) is 7.30. The summed E-state index contributed by atoms with van der Waals surface area (Å²) < 4.78 is 1.27. The Morgan fingerprint density at radius 3 is 2.41 bits per heavy atom. The van der Waals surface area contributed by atoms with Gasteiger partial charge in [-0.2, -0.15) is 0 Å². The zero-order chi connectivity index (χ0) is 13.1. The monoisotopic (exact) mass is 242 g/mol. The molecule has 0 aliphatic rings. The number of aromatic hydroxyl groups is 1. The molecule has 3 nitrogen and oxygen atoms in total. The van der Waals surface area contributed by atoms with Crippen molar-refractivity contribution >= 4 is 33.9 Å². The molecule has 0 unspecified atom stereocenters. The summed E-state index contributed by atoms with van der Waals surface area (Å²) >= 11 is 1.28. The van der Waals surface area contributed by atoms with Crippen LogP contribution in [0.25, 0.3) is 0 Å². The van der Waals surface area contributed by atoms with Crippen molar-refractivity contribution < 1.29 is 15.0 Å². The van der Waals surface area contributed by atoms with Gasteiger partial charge in [0.05, 0.1) is 0 Å². The summed E-state index contributed by atoms with van der Waals surface area (Å²) in [4.78, 5) is 10.3. The van der Waals surface area contributed by atoms with Crippen LogP contribution in [0.2, 0.25) is 3.67 Å². The van der Waals surface area contributed by atoms with E-state index in [-0.39, 0.29) is 11.3 Å². The van der Waals surface area contributed by atoms with Crippen LogP contribution < -0.4 is 0 Å². The van der Waals surface area contributed by atoms with Crippen LogP contribution >= 0.6 is 0 Å². The van der Waals surface area contributed by atoms with Gasteiger partial charge in [-0.1, -0.05) is 12.1 Å². The fraction of sp³-hybridized carbons (Fsp3) is 0.154. The van der Waals surface area contributed by atoms with Crippen LogP contribution in [-0.4, -0.2) is 44.1 Å². The van der Waals surface area contributed by atoms with E-state index in [1.54, 1.807) is 12.1 Å². The molecule has 0 spiro atoms. The van der Waals surface area contributed by atoms with E-state index >= 15 is 0 Å². The zero-order valence-electron chi connectivity index (χ0n) is 9.97.